The number of rotatable bonds is 2. The van der Waals surface area contributed by atoms with Gasteiger partial charge in [-0.1, -0.05) is 5.92 Å². The van der Waals surface area contributed by atoms with Gasteiger partial charge in [0, 0.05) is 6.26 Å². The molecule has 4 heteroatoms. The lowest BCUT2D eigenvalue weighted by Gasteiger charge is -2.10. The molecule has 0 aromatic rings. The number of hydrogen-bond donors (Lipinski definition) is 1. The van der Waals surface area contributed by atoms with Crippen LogP contribution in [-0.4, -0.2) is 31.1 Å². The van der Waals surface area contributed by atoms with E-state index in [-0.39, 0.29) is 0 Å². The minimum Gasteiger partial charge on any atom is -0.379 e. The molecule has 0 aromatic heterocycles. The van der Waals surface area contributed by atoms with Gasteiger partial charge in [0.2, 0.25) is 0 Å². The van der Waals surface area contributed by atoms with Gasteiger partial charge in [-0.05, 0) is 13.8 Å². The molecule has 3 nitrogen and oxygen atoms in total. The second-order valence-corrected chi connectivity index (χ2v) is 4.78. The van der Waals surface area contributed by atoms with Crippen LogP contribution in [0.25, 0.3) is 0 Å². The van der Waals surface area contributed by atoms with Crippen molar-refractivity contribution in [2.75, 3.05) is 6.26 Å². The summed E-state index contributed by atoms with van der Waals surface area (Å²) in [7, 11) is -3.18. The topological polar surface area (TPSA) is 54.4 Å². The molecule has 0 spiro atoms. The molecule has 11 heavy (non-hydrogen) atoms. The van der Waals surface area contributed by atoms with Crippen molar-refractivity contribution >= 4 is 9.84 Å². The van der Waals surface area contributed by atoms with Crippen LogP contribution in [0.3, 0.4) is 0 Å². The average Bonchev–Trinajstić information content (AvgIpc) is 1.85. The Morgan fingerprint density at radius 2 is 1.91 bits per heavy atom. The minimum atomic E-state index is -3.18. The smallest absolute Gasteiger partial charge is 0.153 e. The van der Waals surface area contributed by atoms with E-state index in [1.54, 1.807) is 6.92 Å². The Hall–Kier alpha value is -0.530. The van der Waals surface area contributed by atoms with E-state index >= 15 is 0 Å². The van der Waals surface area contributed by atoms with E-state index in [2.05, 4.69) is 11.8 Å². The maximum Gasteiger partial charge on any atom is 0.153 e. The Morgan fingerprint density at radius 1 is 1.45 bits per heavy atom. The molecule has 0 saturated heterocycles. The highest BCUT2D eigenvalue weighted by Crippen LogP contribution is 2.02. The summed E-state index contributed by atoms with van der Waals surface area (Å²) in [5.74, 6) is 4.83. The van der Waals surface area contributed by atoms with Gasteiger partial charge in [-0.25, -0.2) is 8.42 Å². The largest absolute Gasteiger partial charge is 0.379 e. The number of hydrogen-bond acceptors (Lipinski definition) is 3. The van der Waals surface area contributed by atoms with Crippen molar-refractivity contribution in [3.05, 3.63) is 0 Å². The van der Waals surface area contributed by atoms with Gasteiger partial charge in [0.1, 0.15) is 6.10 Å². The van der Waals surface area contributed by atoms with Crippen LogP contribution in [-0.2, 0) is 9.84 Å². The van der Waals surface area contributed by atoms with Crippen LogP contribution in [0, 0.1) is 11.8 Å². The van der Waals surface area contributed by atoms with Crippen molar-refractivity contribution < 1.29 is 13.5 Å². The minimum absolute atomic E-state index is 0.810. The molecule has 0 aliphatic heterocycles. The highest BCUT2D eigenvalue weighted by molar-refractivity contribution is 7.91. The zero-order valence-corrected chi connectivity index (χ0v) is 7.64. The number of sulfone groups is 1. The van der Waals surface area contributed by atoms with Crippen LogP contribution < -0.4 is 0 Å². The molecule has 0 bridgehead atoms. The normalized spacial score (nSPS) is 16.4. The van der Waals surface area contributed by atoms with Crippen molar-refractivity contribution in [2.24, 2.45) is 0 Å². The second-order valence-electron chi connectivity index (χ2n) is 2.37. The SMILES string of the molecule is CC#C[C@H](O)[C@H](C)S(C)(=O)=O. The molecule has 0 aliphatic rings. The van der Waals surface area contributed by atoms with Gasteiger partial charge in [-0.2, -0.15) is 0 Å². The molecule has 0 aliphatic carbocycles. The quantitative estimate of drug-likeness (QED) is 0.593. The molecule has 0 saturated carbocycles. The van der Waals surface area contributed by atoms with E-state index in [4.69, 9.17) is 5.11 Å². The van der Waals surface area contributed by atoms with Gasteiger partial charge in [-0.15, -0.1) is 5.92 Å². The fourth-order valence-electron chi connectivity index (χ4n) is 0.499. The molecule has 0 aromatic carbocycles. The van der Waals surface area contributed by atoms with E-state index in [1.165, 1.54) is 6.92 Å². The summed E-state index contributed by atoms with van der Waals surface area (Å²) >= 11 is 0. The zero-order chi connectivity index (χ0) is 9.07. The van der Waals surface area contributed by atoms with Crippen molar-refractivity contribution in [2.45, 2.75) is 25.2 Å². The summed E-state index contributed by atoms with van der Waals surface area (Å²) in [6.45, 7) is 2.99. The summed E-state index contributed by atoms with van der Waals surface area (Å²) in [5.41, 5.74) is 0. The monoisotopic (exact) mass is 176 g/mol. The Balaban J connectivity index is 4.47. The molecule has 0 radical (unpaired) electrons. The van der Waals surface area contributed by atoms with Crippen LogP contribution in [0.4, 0.5) is 0 Å². The molecule has 0 unspecified atom stereocenters. The third kappa shape index (κ3) is 3.40. The van der Waals surface area contributed by atoms with Crippen LogP contribution in [0.15, 0.2) is 0 Å². The third-order valence-corrected chi connectivity index (χ3v) is 3.02. The molecule has 2 atom stereocenters. The Morgan fingerprint density at radius 3 is 2.18 bits per heavy atom. The van der Waals surface area contributed by atoms with E-state index in [0.717, 1.165) is 6.26 Å². The van der Waals surface area contributed by atoms with E-state index in [0.29, 0.717) is 0 Å². The van der Waals surface area contributed by atoms with Gasteiger partial charge in [0.15, 0.2) is 9.84 Å². The fourth-order valence-corrected chi connectivity index (χ4v) is 1.04. The van der Waals surface area contributed by atoms with Crippen molar-refractivity contribution in [3.8, 4) is 11.8 Å². The van der Waals surface area contributed by atoms with E-state index in [1.807, 2.05) is 0 Å². The van der Waals surface area contributed by atoms with Crippen LogP contribution in [0.1, 0.15) is 13.8 Å². The lowest BCUT2D eigenvalue weighted by molar-refractivity contribution is 0.230. The summed E-state index contributed by atoms with van der Waals surface area (Å²) < 4.78 is 21.6. The van der Waals surface area contributed by atoms with E-state index in [9.17, 15) is 8.42 Å². The van der Waals surface area contributed by atoms with Gasteiger partial charge >= 0.3 is 0 Å². The molecule has 1 N–H and O–H groups in total. The van der Waals surface area contributed by atoms with Crippen molar-refractivity contribution in [1.29, 1.82) is 0 Å². The molecule has 0 rings (SSSR count). The second kappa shape index (κ2) is 3.74. The van der Waals surface area contributed by atoms with Crippen molar-refractivity contribution in [1.82, 2.24) is 0 Å². The highest BCUT2D eigenvalue weighted by atomic mass is 32.2. The van der Waals surface area contributed by atoms with Gasteiger partial charge in [0.05, 0.1) is 5.25 Å². The zero-order valence-electron chi connectivity index (χ0n) is 6.83. The first-order valence-corrected chi connectivity index (χ1v) is 5.14. The highest BCUT2D eigenvalue weighted by Gasteiger charge is 2.21. The number of aliphatic hydroxyl groups excluding tert-OH is 1. The predicted octanol–water partition coefficient (Wildman–Crippen LogP) is -0.196. The Bertz CT molecular complexity index is 268. The molecule has 0 fully saturated rings. The van der Waals surface area contributed by atoms with Gasteiger partial charge < -0.3 is 5.11 Å². The maximum atomic E-state index is 10.8. The molecular formula is C7H12O3S. The van der Waals surface area contributed by atoms with E-state index < -0.39 is 21.2 Å². The standard InChI is InChI=1S/C7H12O3S/c1-4-5-7(8)6(2)11(3,9)10/h6-8H,1-3H3/t6-,7-/m0/s1. The first-order valence-electron chi connectivity index (χ1n) is 3.18. The summed E-state index contributed by atoms with van der Waals surface area (Å²) in [4.78, 5) is 0. The lowest BCUT2D eigenvalue weighted by atomic mass is 10.3. The Kier molecular flexibility index (Phi) is 3.56. The molecular weight excluding hydrogens is 164 g/mol. The van der Waals surface area contributed by atoms with Gasteiger partial charge in [0.25, 0.3) is 0 Å². The van der Waals surface area contributed by atoms with Crippen molar-refractivity contribution in [3.63, 3.8) is 0 Å². The predicted molar refractivity (Wildman–Crippen MR) is 43.8 cm³/mol. The molecule has 0 heterocycles. The third-order valence-electron chi connectivity index (χ3n) is 1.41. The number of aliphatic hydroxyl groups is 1. The molecule has 0 amide bonds. The Labute approximate surface area is 67.3 Å². The average molecular weight is 176 g/mol. The fraction of sp³-hybridized carbons (Fsp3) is 0.714. The van der Waals surface area contributed by atoms with Crippen LogP contribution in [0.2, 0.25) is 0 Å². The van der Waals surface area contributed by atoms with Gasteiger partial charge in [-0.3, -0.25) is 0 Å². The molecule has 64 valence electrons. The lowest BCUT2D eigenvalue weighted by Crippen LogP contribution is -2.29. The summed E-state index contributed by atoms with van der Waals surface area (Å²) in [6.07, 6.45) is 0.00750. The maximum absolute atomic E-state index is 10.8. The first-order chi connectivity index (χ1) is 4.89. The summed E-state index contributed by atoms with van der Waals surface area (Å²) in [5, 5.41) is 8.29. The first kappa shape index (κ1) is 10.5. The summed E-state index contributed by atoms with van der Waals surface area (Å²) in [6, 6.07) is 0. The van der Waals surface area contributed by atoms with Crippen LogP contribution >= 0.6 is 0 Å². The van der Waals surface area contributed by atoms with Crippen LogP contribution in [0.5, 0.6) is 0 Å².